The highest BCUT2D eigenvalue weighted by Gasteiger charge is 2.27. The number of carbonyl (C=O) groups excluding carboxylic acids is 1. The third-order valence-corrected chi connectivity index (χ3v) is 3.96. The third kappa shape index (κ3) is 3.80. The Kier molecular flexibility index (Phi) is 4.97. The van der Waals surface area contributed by atoms with Crippen LogP contribution in [0.1, 0.15) is 37.2 Å². The van der Waals surface area contributed by atoms with Gasteiger partial charge in [-0.05, 0) is 24.9 Å². The zero-order valence-corrected chi connectivity index (χ0v) is 11.9. The minimum atomic E-state index is 0.209. The van der Waals surface area contributed by atoms with E-state index in [9.17, 15) is 4.79 Å². The van der Waals surface area contributed by atoms with E-state index >= 15 is 0 Å². The summed E-state index contributed by atoms with van der Waals surface area (Å²) in [5.74, 6) is 0.498. The van der Waals surface area contributed by atoms with Crippen LogP contribution in [0.5, 0.6) is 0 Å². The van der Waals surface area contributed by atoms with E-state index in [1.165, 1.54) is 24.8 Å². The van der Waals surface area contributed by atoms with Crippen LogP contribution >= 0.6 is 0 Å². The smallest absolute Gasteiger partial charge is 0.222 e. The summed E-state index contributed by atoms with van der Waals surface area (Å²) in [6, 6.07) is 10.9. The lowest BCUT2D eigenvalue weighted by Crippen LogP contribution is -2.40. The molecule has 0 bridgehead atoms. The lowest BCUT2D eigenvalue weighted by Gasteiger charge is -2.32. The quantitative estimate of drug-likeness (QED) is 0.901. The van der Waals surface area contributed by atoms with Crippen LogP contribution in [0.2, 0.25) is 0 Å². The minimum absolute atomic E-state index is 0.209. The molecule has 0 radical (unpaired) electrons. The largest absolute Gasteiger partial charge is 0.349 e. The van der Waals surface area contributed by atoms with Crippen molar-refractivity contribution in [1.29, 1.82) is 0 Å². The molecule has 1 heterocycles. The number of hydrogen-bond donors (Lipinski definition) is 1. The van der Waals surface area contributed by atoms with Crippen LogP contribution < -0.4 is 5.32 Å². The first-order valence-electron chi connectivity index (χ1n) is 7.17. The van der Waals surface area contributed by atoms with Crippen LogP contribution in [0.15, 0.2) is 30.3 Å². The molecular formula is C16H24N2O. The van der Waals surface area contributed by atoms with Crippen molar-refractivity contribution in [3.05, 3.63) is 35.9 Å². The van der Waals surface area contributed by atoms with Crippen molar-refractivity contribution in [3.63, 3.8) is 0 Å². The maximum absolute atomic E-state index is 12.1. The summed E-state index contributed by atoms with van der Waals surface area (Å²) >= 11 is 0. The lowest BCUT2D eigenvalue weighted by molar-refractivity contribution is -0.129. The standard InChI is InChI=1S/C16H24N2O/c1-18(2)16(19)12-14(13-8-4-3-5-9-13)15-10-6-7-11-17-15/h3-5,8-9,14-15,17H,6-7,10-12H2,1-2H3. The van der Waals surface area contributed by atoms with Gasteiger partial charge < -0.3 is 10.2 Å². The average molecular weight is 260 g/mol. The molecule has 104 valence electrons. The summed E-state index contributed by atoms with van der Waals surface area (Å²) in [5, 5.41) is 3.59. The maximum Gasteiger partial charge on any atom is 0.222 e. The fourth-order valence-corrected chi connectivity index (χ4v) is 2.79. The normalized spacial score (nSPS) is 20.8. The number of rotatable bonds is 4. The van der Waals surface area contributed by atoms with E-state index < -0.39 is 0 Å². The van der Waals surface area contributed by atoms with Gasteiger partial charge in [0.25, 0.3) is 0 Å². The minimum Gasteiger partial charge on any atom is -0.349 e. The van der Waals surface area contributed by atoms with E-state index in [-0.39, 0.29) is 11.8 Å². The van der Waals surface area contributed by atoms with Crippen molar-refractivity contribution in [2.45, 2.75) is 37.6 Å². The number of amides is 1. The molecule has 1 aliphatic heterocycles. The van der Waals surface area contributed by atoms with E-state index in [2.05, 4.69) is 29.6 Å². The van der Waals surface area contributed by atoms with E-state index in [1.54, 1.807) is 4.90 Å². The van der Waals surface area contributed by atoms with Crippen molar-refractivity contribution in [1.82, 2.24) is 10.2 Å². The maximum atomic E-state index is 12.1. The summed E-state index contributed by atoms with van der Waals surface area (Å²) in [6.07, 6.45) is 4.27. The van der Waals surface area contributed by atoms with Gasteiger partial charge in [0.2, 0.25) is 5.91 Å². The van der Waals surface area contributed by atoms with Gasteiger partial charge in [-0.15, -0.1) is 0 Å². The molecule has 1 fully saturated rings. The van der Waals surface area contributed by atoms with Crippen LogP contribution in [0.3, 0.4) is 0 Å². The summed E-state index contributed by atoms with van der Waals surface area (Å²) in [5.41, 5.74) is 1.28. The molecule has 1 aromatic rings. The van der Waals surface area contributed by atoms with Gasteiger partial charge in [0, 0.05) is 32.5 Å². The highest BCUT2D eigenvalue weighted by molar-refractivity contribution is 5.76. The van der Waals surface area contributed by atoms with Crippen LogP contribution in [-0.4, -0.2) is 37.5 Å². The van der Waals surface area contributed by atoms with Gasteiger partial charge in [0.05, 0.1) is 0 Å². The lowest BCUT2D eigenvalue weighted by atomic mass is 9.84. The number of piperidine rings is 1. The van der Waals surface area contributed by atoms with Crippen molar-refractivity contribution in [3.8, 4) is 0 Å². The Bertz CT molecular complexity index is 396. The first-order chi connectivity index (χ1) is 9.18. The zero-order chi connectivity index (χ0) is 13.7. The third-order valence-electron chi connectivity index (χ3n) is 3.96. The van der Waals surface area contributed by atoms with Crippen molar-refractivity contribution in [2.75, 3.05) is 20.6 Å². The molecule has 2 rings (SSSR count). The summed E-state index contributed by atoms with van der Waals surface area (Å²) in [6.45, 7) is 1.07. The molecule has 1 aromatic carbocycles. The molecule has 1 aliphatic rings. The van der Waals surface area contributed by atoms with Crippen LogP contribution in [0, 0.1) is 0 Å². The molecule has 1 saturated heterocycles. The fraction of sp³-hybridized carbons (Fsp3) is 0.562. The number of carbonyl (C=O) groups is 1. The van der Waals surface area contributed by atoms with E-state index in [0.717, 1.165) is 6.54 Å². The molecule has 1 N–H and O–H groups in total. The fourth-order valence-electron chi connectivity index (χ4n) is 2.79. The molecular weight excluding hydrogens is 236 g/mol. The number of benzene rings is 1. The average Bonchev–Trinajstić information content (AvgIpc) is 2.46. The Labute approximate surface area is 116 Å². The van der Waals surface area contributed by atoms with E-state index in [4.69, 9.17) is 0 Å². The molecule has 0 aliphatic carbocycles. The van der Waals surface area contributed by atoms with E-state index in [0.29, 0.717) is 12.5 Å². The predicted octanol–water partition coefficient (Wildman–Crippen LogP) is 2.39. The van der Waals surface area contributed by atoms with Gasteiger partial charge in [-0.2, -0.15) is 0 Å². The second kappa shape index (κ2) is 6.71. The molecule has 0 spiro atoms. The highest BCUT2D eigenvalue weighted by Crippen LogP contribution is 2.28. The second-order valence-corrected chi connectivity index (χ2v) is 5.57. The van der Waals surface area contributed by atoms with Crippen molar-refractivity contribution in [2.24, 2.45) is 0 Å². The van der Waals surface area contributed by atoms with Gasteiger partial charge in [-0.3, -0.25) is 4.79 Å². The molecule has 1 amide bonds. The highest BCUT2D eigenvalue weighted by atomic mass is 16.2. The summed E-state index contributed by atoms with van der Waals surface area (Å²) < 4.78 is 0. The Hall–Kier alpha value is -1.35. The molecule has 3 nitrogen and oxygen atoms in total. The molecule has 0 saturated carbocycles. The van der Waals surface area contributed by atoms with Crippen molar-refractivity contribution < 1.29 is 4.79 Å². The topological polar surface area (TPSA) is 32.3 Å². The molecule has 2 atom stereocenters. The summed E-state index contributed by atoms with van der Waals surface area (Å²) in [7, 11) is 3.66. The van der Waals surface area contributed by atoms with Gasteiger partial charge in [-0.25, -0.2) is 0 Å². The number of hydrogen-bond acceptors (Lipinski definition) is 2. The summed E-state index contributed by atoms with van der Waals surface area (Å²) in [4.78, 5) is 13.8. The Balaban J connectivity index is 2.15. The van der Waals surface area contributed by atoms with Crippen molar-refractivity contribution >= 4 is 5.91 Å². The van der Waals surface area contributed by atoms with E-state index in [1.807, 2.05) is 20.2 Å². The Morgan fingerprint density at radius 2 is 2.05 bits per heavy atom. The van der Waals surface area contributed by atoms with Gasteiger partial charge in [0.1, 0.15) is 0 Å². The SMILES string of the molecule is CN(C)C(=O)CC(c1ccccc1)C1CCCCN1. The van der Waals surface area contributed by atoms with Crippen LogP contribution in [0.4, 0.5) is 0 Å². The predicted molar refractivity (Wildman–Crippen MR) is 78.1 cm³/mol. The van der Waals surface area contributed by atoms with Gasteiger partial charge >= 0.3 is 0 Å². The van der Waals surface area contributed by atoms with Gasteiger partial charge in [-0.1, -0.05) is 36.8 Å². The molecule has 0 aromatic heterocycles. The second-order valence-electron chi connectivity index (χ2n) is 5.57. The monoisotopic (exact) mass is 260 g/mol. The molecule has 3 heteroatoms. The number of nitrogens with zero attached hydrogens (tertiary/aromatic N) is 1. The van der Waals surface area contributed by atoms with Crippen LogP contribution in [-0.2, 0) is 4.79 Å². The Morgan fingerprint density at radius 3 is 2.63 bits per heavy atom. The van der Waals surface area contributed by atoms with Gasteiger partial charge in [0.15, 0.2) is 0 Å². The molecule has 2 unspecified atom stereocenters. The Morgan fingerprint density at radius 1 is 1.32 bits per heavy atom. The number of nitrogens with one attached hydrogen (secondary N) is 1. The first-order valence-corrected chi connectivity index (χ1v) is 7.17. The molecule has 19 heavy (non-hydrogen) atoms. The zero-order valence-electron chi connectivity index (χ0n) is 11.9. The first kappa shape index (κ1) is 14.1. The van der Waals surface area contributed by atoms with Crippen LogP contribution in [0.25, 0.3) is 0 Å².